The molecule has 0 aliphatic heterocycles. The fraction of sp³-hybridized carbons (Fsp3) is 0.333. The van der Waals surface area contributed by atoms with Crippen molar-refractivity contribution in [3.63, 3.8) is 0 Å². The Balaban J connectivity index is 1.79. The van der Waals surface area contributed by atoms with Crippen LogP contribution in [-0.2, 0) is 14.3 Å². The van der Waals surface area contributed by atoms with Gasteiger partial charge in [-0.3, -0.25) is 4.79 Å². The molecule has 0 atom stereocenters. The maximum Gasteiger partial charge on any atom is 0.357 e. The zero-order valence-corrected chi connectivity index (χ0v) is 20.5. The molecule has 0 saturated heterocycles. The minimum atomic E-state index is -0.751. The molecular weight excluding hydrogens is 464 g/mol. The molecule has 0 N–H and O–H groups in total. The van der Waals surface area contributed by atoms with Crippen molar-refractivity contribution in [3.05, 3.63) is 59.8 Å². The Morgan fingerprint density at radius 3 is 2.19 bits per heavy atom. The molecule has 1 heterocycles. The summed E-state index contributed by atoms with van der Waals surface area (Å²) < 4.78 is 22.4. The first-order chi connectivity index (χ1) is 17.5. The lowest BCUT2D eigenvalue weighted by atomic mass is 9.89. The number of hydrogen-bond donors (Lipinski definition) is 0. The van der Waals surface area contributed by atoms with Crippen LogP contribution < -0.4 is 9.47 Å². The minimum absolute atomic E-state index is 0.0535. The number of esters is 3. The van der Waals surface area contributed by atoms with Crippen molar-refractivity contribution in [2.45, 2.75) is 32.1 Å². The summed E-state index contributed by atoms with van der Waals surface area (Å²) in [4.78, 5) is 38.3. The summed E-state index contributed by atoms with van der Waals surface area (Å²) in [5.41, 5.74) is 1.08. The lowest BCUT2D eigenvalue weighted by molar-refractivity contribution is -0.140. The lowest BCUT2D eigenvalue weighted by Crippen LogP contribution is -2.22. The third-order valence-corrected chi connectivity index (χ3v) is 6.24. The Labute approximate surface area is 208 Å². The highest BCUT2D eigenvalue weighted by Crippen LogP contribution is 2.36. The second-order valence-corrected chi connectivity index (χ2v) is 8.42. The van der Waals surface area contributed by atoms with Crippen molar-refractivity contribution in [1.29, 1.82) is 0 Å². The number of nitrogens with zero attached hydrogens (tertiary/aromatic N) is 2. The number of para-hydroxylation sites is 1. The largest absolute Gasteiger partial charge is 0.493 e. The van der Waals surface area contributed by atoms with Crippen molar-refractivity contribution in [2.75, 3.05) is 21.3 Å². The van der Waals surface area contributed by atoms with E-state index in [-0.39, 0.29) is 34.6 Å². The summed E-state index contributed by atoms with van der Waals surface area (Å²) in [7, 11) is 3.91. The van der Waals surface area contributed by atoms with E-state index in [2.05, 4.69) is 5.10 Å². The van der Waals surface area contributed by atoms with E-state index in [4.69, 9.17) is 18.9 Å². The Kier molecular flexibility index (Phi) is 7.68. The van der Waals surface area contributed by atoms with Gasteiger partial charge in [0.05, 0.1) is 32.9 Å². The monoisotopic (exact) mass is 492 g/mol. The van der Waals surface area contributed by atoms with Gasteiger partial charge in [-0.25, -0.2) is 14.3 Å². The van der Waals surface area contributed by atoms with Crippen molar-refractivity contribution >= 4 is 17.9 Å². The molecule has 0 radical (unpaired) electrons. The van der Waals surface area contributed by atoms with Gasteiger partial charge >= 0.3 is 17.9 Å². The highest BCUT2D eigenvalue weighted by Gasteiger charge is 2.32. The maximum absolute atomic E-state index is 12.9. The van der Waals surface area contributed by atoms with Crippen molar-refractivity contribution < 1.29 is 33.3 Å². The number of methoxy groups -OCH3 is 3. The molecule has 4 rings (SSSR count). The third-order valence-electron chi connectivity index (χ3n) is 6.24. The van der Waals surface area contributed by atoms with Gasteiger partial charge in [0.1, 0.15) is 11.3 Å². The van der Waals surface area contributed by atoms with E-state index < -0.39 is 11.9 Å². The summed E-state index contributed by atoms with van der Waals surface area (Å²) in [6.45, 7) is 0. The van der Waals surface area contributed by atoms with E-state index in [9.17, 15) is 14.4 Å². The highest BCUT2D eigenvalue weighted by molar-refractivity contribution is 6.07. The van der Waals surface area contributed by atoms with Gasteiger partial charge in [-0.15, -0.1) is 0 Å². The summed E-state index contributed by atoms with van der Waals surface area (Å²) in [5, 5.41) is 4.58. The van der Waals surface area contributed by atoms with Crippen molar-refractivity contribution in [1.82, 2.24) is 9.78 Å². The molecule has 1 aliphatic carbocycles. The molecule has 1 aliphatic rings. The standard InChI is InChI=1S/C27H28N2O7/c1-33-21-16-18(14-15-20(21)36-25(30)17-10-6-4-7-11-17)23-22(26(31)34-2)24(27(32)35-3)29(28-23)19-12-8-5-9-13-19/h5,8-9,12-17H,4,6-7,10-11H2,1-3H3. The zero-order chi connectivity index (χ0) is 25.7. The minimum Gasteiger partial charge on any atom is -0.493 e. The van der Waals surface area contributed by atoms with Gasteiger partial charge < -0.3 is 18.9 Å². The SMILES string of the molecule is COC(=O)c1c(-c2ccc(OC(=O)C3CCCCC3)c(OC)c2)nn(-c2ccccc2)c1C(=O)OC. The van der Waals surface area contributed by atoms with E-state index in [0.29, 0.717) is 17.0 Å². The zero-order valence-electron chi connectivity index (χ0n) is 20.5. The van der Waals surface area contributed by atoms with E-state index >= 15 is 0 Å². The van der Waals surface area contributed by atoms with E-state index in [0.717, 1.165) is 32.1 Å². The predicted molar refractivity (Wildman–Crippen MR) is 130 cm³/mol. The number of aromatic nitrogens is 2. The number of rotatable bonds is 7. The lowest BCUT2D eigenvalue weighted by Gasteiger charge is -2.20. The summed E-state index contributed by atoms with van der Waals surface area (Å²) >= 11 is 0. The molecule has 0 spiro atoms. The van der Waals surface area contributed by atoms with Gasteiger partial charge in [0.25, 0.3) is 0 Å². The summed E-state index contributed by atoms with van der Waals surface area (Å²) in [5.74, 6) is -1.34. The second kappa shape index (κ2) is 11.1. The smallest absolute Gasteiger partial charge is 0.357 e. The van der Waals surface area contributed by atoms with Gasteiger partial charge in [-0.2, -0.15) is 5.10 Å². The first kappa shape index (κ1) is 25.0. The fourth-order valence-corrected chi connectivity index (χ4v) is 4.39. The molecular formula is C27H28N2O7. The molecule has 188 valence electrons. The van der Waals surface area contributed by atoms with Crippen LogP contribution in [0.5, 0.6) is 11.5 Å². The number of carbonyl (C=O) groups excluding carboxylic acids is 3. The number of benzene rings is 2. The molecule has 1 aromatic heterocycles. The van der Waals surface area contributed by atoms with Crippen molar-refractivity contribution in [3.8, 4) is 28.4 Å². The Morgan fingerprint density at radius 1 is 0.861 bits per heavy atom. The first-order valence-corrected chi connectivity index (χ1v) is 11.7. The van der Waals surface area contributed by atoms with Crippen LogP contribution in [0.1, 0.15) is 53.0 Å². The molecule has 1 fully saturated rings. The van der Waals surface area contributed by atoms with Gasteiger partial charge in [-0.1, -0.05) is 37.5 Å². The molecule has 0 unspecified atom stereocenters. The second-order valence-electron chi connectivity index (χ2n) is 8.42. The molecule has 36 heavy (non-hydrogen) atoms. The van der Waals surface area contributed by atoms with Crippen LogP contribution in [0, 0.1) is 5.92 Å². The molecule has 0 bridgehead atoms. The topological polar surface area (TPSA) is 106 Å². The fourth-order valence-electron chi connectivity index (χ4n) is 4.39. The number of hydrogen-bond acceptors (Lipinski definition) is 8. The number of ether oxygens (including phenoxy) is 4. The maximum atomic E-state index is 12.9. The first-order valence-electron chi connectivity index (χ1n) is 11.7. The molecule has 3 aromatic rings. The van der Waals surface area contributed by atoms with E-state index in [1.54, 1.807) is 42.5 Å². The van der Waals surface area contributed by atoms with Crippen molar-refractivity contribution in [2.24, 2.45) is 5.92 Å². The predicted octanol–water partition coefficient (Wildman–Crippen LogP) is 4.61. The molecule has 9 nitrogen and oxygen atoms in total. The van der Waals surface area contributed by atoms with Gasteiger partial charge in [0, 0.05) is 5.56 Å². The third kappa shape index (κ3) is 4.95. The normalized spacial score (nSPS) is 13.6. The summed E-state index contributed by atoms with van der Waals surface area (Å²) in [6, 6.07) is 13.7. The van der Waals surface area contributed by atoms with Crippen LogP contribution in [0.25, 0.3) is 16.9 Å². The van der Waals surface area contributed by atoms with Gasteiger partial charge in [-0.05, 0) is 43.2 Å². The van der Waals surface area contributed by atoms with Crippen LogP contribution in [0.4, 0.5) is 0 Å². The quantitative estimate of drug-likeness (QED) is 0.348. The van der Waals surface area contributed by atoms with Crippen LogP contribution in [0.2, 0.25) is 0 Å². The van der Waals surface area contributed by atoms with Crippen LogP contribution >= 0.6 is 0 Å². The van der Waals surface area contributed by atoms with Crippen LogP contribution in [0.15, 0.2) is 48.5 Å². The van der Waals surface area contributed by atoms with E-state index in [1.165, 1.54) is 26.0 Å². The van der Waals surface area contributed by atoms with Crippen LogP contribution in [-0.4, -0.2) is 49.0 Å². The average molecular weight is 493 g/mol. The van der Waals surface area contributed by atoms with E-state index in [1.807, 2.05) is 6.07 Å². The van der Waals surface area contributed by atoms with Gasteiger partial charge in [0.2, 0.25) is 0 Å². The Bertz CT molecular complexity index is 1260. The molecule has 2 aromatic carbocycles. The molecule has 1 saturated carbocycles. The highest BCUT2D eigenvalue weighted by atomic mass is 16.6. The Hall–Kier alpha value is -4.14. The molecule has 0 amide bonds. The van der Waals surface area contributed by atoms with Crippen LogP contribution in [0.3, 0.4) is 0 Å². The Morgan fingerprint density at radius 2 is 1.56 bits per heavy atom. The number of carbonyl (C=O) groups is 3. The molecule has 9 heteroatoms. The van der Waals surface area contributed by atoms with Gasteiger partial charge in [0.15, 0.2) is 17.2 Å². The summed E-state index contributed by atoms with van der Waals surface area (Å²) in [6.07, 6.45) is 4.79. The average Bonchev–Trinajstić information content (AvgIpc) is 3.34.